The highest BCUT2D eigenvalue weighted by molar-refractivity contribution is 5.71. The van der Waals surface area contributed by atoms with E-state index in [0.29, 0.717) is 0 Å². The zero-order valence-electron chi connectivity index (χ0n) is 7.74. The van der Waals surface area contributed by atoms with Gasteiger partial charge in [0.1, 0.15) is 0 Å². The lowest BCUT2D eigenvalue weighted by molar-refractivity contribution is -0.152. The molecule has 2 aliphatic rings. The SMILES string of the molecule is O=C(O)C1CC(OCC2CCC2)C1. The van der Waals surface area contributed by atoms with Crippen molar-refractivity contribution >= 4 is 5.97 Å². The number of hydrogen-bond donors (Lipinski definition) is 1. The van der Waals surface area contributed by atoms with E-state index in [1.807, 2.05) is 0 Å². The topological polar surface area (TPSA) is 46.5 Å². The first kappa shape index (κ1) is 9.00. The first-order valence-electron chi connectivity index (χ1n) is 5.10. The van der Waals surface area contributed by atoms with Crippen LogP contribution in [-0.4, -0.2) is 23.8 Å². The van der Waals surface area contributed by atoms with Crippen molar-refractivity contribution in [1.82, 2.24) is 0 Å². The van der Waals surface area contributed by atoms with Gasteiger partial charge in [-0.1, -0.05) is 6.42 Å². The van der Waals surface area contributed by atoms with E-state index >= 15 is 0 Å². The Balaban J connectivity index is 1.56. The zero-order chi connectivity index (χ0) is 9.26. The molecular weight excluding hydrogens is 168 g/mol. The number of ether oxygens (including phenoxy) is 1. The predicted octanol–water partition coefficient (Wildman–Crippen LogP) is 1.67. The Bertz CT molecular complexity index is 192. The fourth-order valence-electron chi connectivity index (χ4n) is 1.83. The molecule has 0 radical (unpaired) electrons. The first-order valence-corrected chi connectivity index (χ1v) is 5.10. The van der Waals surface area contributed by atoms with Crippen molar-refractivity contribution in [2.45, 2.75) is 38.2 Å². The number of aliphatic carboxylic acids is 1. The van der Waals surface area contributed by atoms with E-state index in [1.165, 1.54) is 19.3 Å². The summed E-state index contributed by atoms with van der Waals surface area (Å²) in [5, 5.41) is 8.63. The Morgan fingerprint density at radius 3 is 2.54 bits per heavy atom. The molecule has 2 saturated carbocycles. The van der Waals surface area contributed by atoms with Gasteiger partial charge in [0.2, 0.25) is 0 Å². The predicted molar refractivity (Wildman–Crippen MR) is 47.4 cm³/mol. The van der Waals surface area contributed by atoms with Gasteiger partial charge in [0, 0.05) is 6.61 Å². The van der Waals surface area contributed by atoms with Crippen LogP contribution in [0.4, 0.5) is 0 Å². The van der Waals surface area contributed by atoms with Crippen LogP contribution in [0.15, 0.2) is 0 Å². The molecule has 0 aromatic heterocycles. The Morgan fingerprint density at radius 2 is 2.08 bits per heavy atom. The molecule has 0 bridgehead atoms. The zero-order valence-corrected chi connectivity index (χ0v) is 7.74. The second-order valence-electron chi connectivity index (χ2n) is 4.26. The van der Waals surface area contributed by atoms with Crippen LogP contribution >= 0.6 is 0 Å². The summed E-state index contributed by atoms with van der Waals surface area (Å²) >= 11 is 0. The van der Waals surface area contributed by atoms with Crippen LogP contribution in [0.2, 0.25) is 0 Å². The van der Waals surface area contributed by atoms with Gasteiger partial charge in [-0.2, -0.15) is 0 Å². The van der Waals surface area contributed by atoms with E-state index in [1.54, 1.807) is 0 Å². The molecule has 0 spiro atoms. The lowest BCUT2D eigenvalue weighted by Gasteiger charge is -2.35. The average molecular weight is 184 g/mol. The van der Waals surface area contributed by atoms with Gasteiger partial charge in [-0.15, -0.1) is 0 Å². The highest BCUT2D eigenvalue weighted by atomic mass is 16.5. The summed E-state index contributed by atoms with van der Waals surface area (Å²) in [5.41, 5.74) is 0. The van der Waals surface area contributed by atoms with E-state index in [0.717, 1.165) is 25.4 Å². The minimum Gasteiger partial charge on any atom is -0.481 e. The van der Waals surface area contributed by atoms with Crippen molar-refractivity contribution in [3.63, 3.8) is 0 Å². The fraction of sp³-hybridized carbons (Fsp3) is 0.900. The fourth-order valence-corrected chi connectivity index (χ4v) is 1.83. The summed E-state index contributed by atoms with van der Waals surface area (Å²) in [7, 11) is 0. The van der Waals surface area contributed by atoms with Gasteiger partial charge < -0.3 is 9.84 Å². The van der Waals surface area contributed by atoms with Crippen molar-refractivity contribution < 1.29 is 14.6 Å². The Labute approximate surface area is 78.1 Å². The molecule has 0 aromatic carbocycles. The highest BCUT2D eigenvalue weighted by Crippen LogP contribution is 2.33. The van der Waals surface area contributed by atoms with Crippen molar-refractivity contribution in [2.75, 3.05) is 6.61 Å². The van der Waals surface area contributed by atoms with Crippen molar-refractivity contribution in [2.24, 2.45) is 11.8 Å². The lowest BCUT2D eigenvalue weighted by Crippen LogP contribution is -2.37. The van der Waals surface area contributed by atoms with Crippen molar-refractivity contribution in [3.8, 4) is 0 Å². The maximum absolute atomic E-state index is 10.5. The Hall–Kier alpha value is -0.570. The van der Waals surface area contributed by atoms with Crippen LogP contribution in [-0.2, 0) is 9.53 Å². The number of rotatable bonds is 4. The molecule has 2 aliphatic carbocycles. The molecular formula is C10H16O3. The largest absolute Gasteiger partial charge is 0.481 e. The van der Waals surface area contributed by atoms with Gasteiger partial charge in [-0.25, -0.2) is 0 Å². The van der Waals surface area contributed by atoms with Gasteiger partial charge in [0.05, 0.1) is 12.0 Å². The third-order valence-electron chi connectivity index (χ3n) is 3.24. The lowest BCUT2D eigenvalue weighted by atomic mass is 9.82. The Morgan fingerprint density at radius 1 is 1.38 bits per heavy atom. The van der Waals surface area contributed by atoms with Crippen LogP contribution in [0.5, 0.6) is 0 Å². The molecule has 0 saturated heterocycles. The van der Waals surface area contributed by atoms with Crippen molar-refractivity contribution in [3.05, 3.63) is 0 Å². The minimum absolute atomic E-state index is 0.133. The summed E-state index contributed by atoms with van der Waals surface area (Å²) in [4.78, 5) is 10.5. The maximum atomic E-state index is 10.5. The van der Waals surface area contributed by atoms with Gasteiger partial charge in [0.15, 0.2) is 0 Å². The smallest absolute Gasteiger partial charge is 0.306 e. The summed E-state index contributed by atoms with van der Waals surface area (Å²) in [6.07, 6.45) is 5.63. The highest BCUT2D eigenvalue weighted by Gasteiger charge is 2.35. The van der Waals surface area contributed by atoms with E-state index in [2.05, 4.69) is 0 Å². The van der Waals surface area contributed by atoms with E-state index < -0.39 is 5.97 Å². The molecule has 3 nitrogen and oxygen atoms in total. The number of hydrogen-bond acceptors (Lipinski definition) is 2. The molecule has 0 aliphatic heterocycles. The molecule has 1 N–H and O–H groups in total. The molecule has 74 valence electrons. The maximum Gasteiger partial charge on any atom is 0.306 e. The van der Waals surface area contributed by atoms with Crippen LogP contribution in [0.1, 0.15) is 32.1 Å². The number of carboxylic acids is 1. The molecule has 0 atom stereocenters. The normalized spacial score (nSPS) is 33.5. The minimum atomic E-state index is -0.663. The summed E-state index contributed by atoms with van der Waals surface area (Å²) < 4.78 is 5.60. The molecule has 0 heterocycles. The summed E-state index contributed by atoms with van der Waals surface area (Å²) in [6.45, 7) is 0.858. The number of carbonyl (C=O) groups is 1. The van der Waals surface area contributed by atoms with Gasteiger partial charge in [0.25, 0.3) is 0 Å². The molecule has 0 aromatic rings. The van der Waals surface area contributed by atoms with Gasteiger partial charge in [-0.3, -0.25) is 4.79 Å². The quantitative estimate of drug-likeness (QED) is 0.722. The Kier molecular flexibility index (Phi) is 2.54. The van der Waals surface area contributed by atoms with Gasteiger partial charge in [-0.05, 0) is 31.6 Å². The number of carboxylic acid groups (broad SMARTS) is 1. The molecule has 0 amide bonds. The first-order chi connectivity index (χ1) is 6.25. The molecule has 2 rings (SSSR count). The van der Waals surface area contributed by atoms with Crippen LogP contribution in [0, 0.1) is 11.8 Å². The van der Waals surface area contributed by atoms with Crippen molar-refractivity contribution in [1.29, 1.82) is 0 Å². The van der Waals surface area contributed by atoms with Crippen LogP contribution in [0.3, 0.4) is 0 Å². The average Bonchev–Trinajstić information content (AvgIpc) is 1.88. The standard InChI is InChI=1S/C10H16O3/c11-10(12)8-4-9(5-8)13-6-7-2-1-3-7/h7-9H,1-6H2,(H,11,12). The van der Waals surface area contributed by atoms with Gasteiger partial charge >= 0.3 is 5.97 Å². The third kappa shape index (κ3) is 2.02. The molecule has 3 heteroatoms. The second kappa shape index (κ2) is 3.66. The molecule has 2 fully saturated rings. The summed E-state index contributed by atoms with van der Waals surface area (Å²) in [6, 6.07) is 0. The summed E-state index contributed by atoms with van der Waals surface area (Å²) in [5.74, 6) is -0.0289. The van der Waals surface area contributed by atoms with E-state index in [9.17, 15) is 4.79 Å². The van der Waals surface area contributed by atoms with E-state index in [-0.39, 0.29) is 12.0 Å². The van der Waals surface area contributed by atoms with Crippen LogP contribution in [0.25, 0.3) is 0 Å². The van der Waals surface area contributed by atoms with Crippen LogP contribution < -0.4 is 0 Å². The monoisotopic (exact) mass is 184 g/mol. The van der Waals surface area contributed by atoms with E-state index in [4.69, 9.17) is 9.84 Å². The molecule has 13 heavy (non-hydrogen) atoms. The molecule has 0 unspecified atom stereocenters. The second-order valence-corrected chi connectivity index (χ2v) is 4.26. The third-order valence-corrected chi connectivity index (χ3v) is 3.24.